The zero-order valence-corrected chi connectivity index (χ0v) is 17.1. The molecule has 0 aliphatic rings. The summed E-state index contributed by atoms with van der Waals surface area (Å²) in [5.41, 5.74) is 2.76. The summed E-state index contributed by atoms with van der Waals surface area (Å²) in [7, 11) is 1.80. The lowest BCUT2D eigenvalue weighted by molar-refractivity contribution is -0.117. The van der Waals surface area contributed by atoms with Crippen LogP contribution in [0.3, 0.4) is 0 Å². The van der Waals surface area contributed by atoms with E-state index in [9.17, 15) is 4.79 Å². The fourth-order valence-corrected chi connectivity index (χ4v) is 4.23. The molecule has 1 heterocycles. The smallest absolute Gasteiger partial charge is 0.239 e. The first-order chi connectivity index (χ1) is 14.1. The Morgan fingerprint density at radius 1 is 0.828 bits per heavy atom. The SMILES string of the molecule is C[C@H](Sc1nnc(-c2ccccc2)c2ccccc12)C(=O)N(C)c1ccccc1. The maximum Gasteiger partial charge on any atom is 0.239 e. The number of nitrogens with zero attached hydrogens (tertiary/aromatic N) is 3. The Bertz CT molecular complexity index is 1130. The molecule has 0 aliphatic heterocycles. The monoisotopic (exact) mass is 399 g/mol. The van der Waals surface area contributed by atoms with Crippen molar-refractivity contribution in [1.29, 1.82) is 0 Å². The number of rotatable bonds is 5. The third-order valence-electron chi connectivity index (χ3n) is 4.81. The lowest BCUT2D eigenvalue weighted by atomic mass is 10.1. The van der Waals surface area contributed by atoms with Crippen LogP contribution in [-0.2, 0) is 4.79 Å². The Morgan fingerprint density at radius 3 is 2.10 bits per heavy atom. The van der Waals surface area contributed by atoms with E-state index in [1.807, 2.05) is 85.8 Å². The van der Waals surface area contributed by atoms with Gasteiger partial charge in [0.2, 0.25) is 5.91 Å². The standard InChI is InChI=1S/C24H21N3OS/c1-17(24(28)27(2)19-13-7-4-8-14-19)29-23-21-16-10-9-15-20(21)22(25-26-23)18-11-5-3-6-12-18/h3-17H,1-2H3/t17-/m0/s1. The second kappa shape index (κ2) is 8.45. The highest BCUT2D eigenvalue weighted by Gasteiger charge is 2.22. The molecular weight excluding hydrogens is 378 g/mol. The number of para-hydroxylation sites is 1. The molecule has 4 rings (SSSR count). The van der Waals surface area contributed by atoms with Gasteiger partial charge >= 0.3 is 0 Å². The van der Waals surface area contributed by atoms with Crippen LogP contribution in [0.4, 0.5) is 5.69 Å². The first-order valence-electron chi connectivity index (χ1n) is 9.45. The number of fused-ring (bicyclic) bond motifs is 1. The normalized spacial score (nSPS) is 11.9. The summed E-state index contributed by atoms with van der Waals surface area (Å²) < 4.78 is 0. The lowest BCUT2D eigenvalue weighted by Gasteiger charge is -2.21. The first kappa shape index (κ1) is 19.2. The number of hydrogen-bond acceptors (Lipinski definition) is 4. The second-order valence-electron chi connectivity index (χ2n) is 6.76. The minimum absolute atomic E-state index is 0.0271. The molecule has 5 heteroatoms. The van der Waals surface area contributed by atoms with Crippen molar-refractivity contribution in [1.82, 2.24) is 10.2 Å². The van der Waals surface area contributed by atoms with Crippen LogP contribution in [0.5, 0.6) is 0 Å². The third-order valence-corrected chi connectivity index (χ3v) is 5.89. The van der Waals surface area contributed by atoms with Gasteiger partial charge < -0.3 is 4.90 Å². The molecule has 0 unspecified atom stereocenters. The van der Waals surface area contributed by atoms with Gasteiger partial charge in [0.25, 0.3) is 0 Å². The van der Waals surface area contributed by atoms with Crippen molar-refractivity contribution in [3.8, 4) is 11.3 Å². The average Bonchev–Trinajstić information content (AvgIpc) is 2.79. The van der Waals surface area contributed by atoms with Crippen molar-refractivity contribution >= 4 is 34.1 Å². The first-order valence-corrected chi connectivity index (χ1v) is 10.3. The van der Waals surface area contributed by atoms with Crippen LogP contribution in [0.25, 0.3) is 22.0 Å². The molecule has 3 aromatic carbocycles. The summed E-state index contributed by atoms with van der Waals surface area (Å²) in [5.74, 6) is 0.0271. The summed E-state index contributed by atoms with van der Waals surface area (Å²) in [4.78, 5) is 14.6. The van der Waals surface area contributed by atoms with E-state index in [1.54, 1.807) is 11.9 Å². The highest BCUT2D eigenvalue weighted by molar-refractivity contribution is 8.00. The van der Waals surface area contributed by atoms with Crippen molar-refractivity contribution in [3.63, 3.8) is 0 Å². The van der Waals surface area contributed by atoms with Gasteiger partial charge in [0.1, 0.15) is 10.7 Å². The predicted octanol–water partition coefficient (Wildman–Crippen LogP) is 5.44. The number of benzene rings is 3. The molecule has 0 spiro atoms. The van der Waals surface area contributed by atoms with E-state index in [2.05, 4.69) is 16.3 Å². The van der Waals surface area contributed by atoms with Gasteiger partial charge in [-0.2, -0.15) is 0 Å². The van der Waals surface area contributed by atoms with Gasteiger partial charge in [-0.15, -0.1) is 10.2 Å². The Labute approximate surface area is 174 Å². The van der Waals surface area contributed by atoms with Crippen LogP contribution in [0.2, 0.25) is 0 Å². The van der Waals surface area contributed by atoms with E-state index in [-0.39, 0.29) is 11.2 Å². The van der Waals surface area contributed by atoms with E-state index >= 15 is 0 Å². The van der Waals surface area contributed by atoms with Crippen LogP contribution in [0, 0.1) is 0 Å². The Kier molecular flexibility index (Phi) is 5.58. The molecule has 0 bridgehead atoms. The van der Waals surface area contributed by atoms with Gasteiger partial charge in [0.15, 0.2) is 0 Å². The summed E-state index contributed by atoms with van der Waals surface area (Å²) in [6.45, 7) is 1.91. The molecule has 0 saturated carbocycles. The number of anilines is 1. The van der Waals surface area contributed by atoms with Crippen molar-refractivity contribution < 1.29 is 4.79 Å². The maximum atomic E-state index is 12.9. The number of carbonyl (C=O) groups is 1. The number of aromatic nitrogens is 2. The highest BCUT2D eigenvalue weighted by Crippen LogP contribution is 2.34. The van der Waals surface area contributed by atoms with Crippen LogP contribution in [0.15, 0.2) is 90.0 Å². The molecule has 29 heavy (non-hydrogen) atoms. The van der Waals surface area contributed by atoms with Gasteiger partial charge in [-0.1, -0.05) is 84.6 Å². The Morgan fingerprint density at radius 2 is 1.41 bits per heavy atom. The van der Waals surface area contributed by atoms with E-state index < -0.39 is 0 Å². The molecule has 1 amide bonds. The molecule has 0 fully saturated rings. The van der Waals surface area contributed by atoms with Crippen molar-refractivity contribution in [3.05, 3.63) is 84.9 Å². The van der Waals surface area contributed by atoms with E-state index in [1.165, 1.54) is 11.8 Å². The summed E-state index contributed by atoms with van der Waals surface area (Å²) >= 11 is 1.44. The quantitative estimate of drug-likeness (QED) is 0.419. The van der Waals surface area contributed by atoms with Gasteiger partial charge in [-0.3, -0.25) is 4.79 Å². The molecule has 0 radical (unpaired) electrons. The van der Waals surface area contributed by atoms with E-state index in [4.69, 9.17) is 0 Å². The molecule has 0 N–H and O–H groups in total. The third kappa shape index (κ3) is 4.00. The Balaban J connectivity index is 1.64. The molecule has 144 valence electrons. The predicted molar refractivity (Wildman–Crippen MR) is 120 cm³/mol. The van der Waals surface area contributed by atoms with Gasteiger partial charge in [0, 0.05) is 29.1 Å². The van der Waals surface area contributed by atoms with Gasteiger partial charge in [-0.25, -0.2) is 0 Å². The van der Waals surface area contributed by atoms with Crippen LogP contribution >= 0.6 is 11.8 Å². The molecule has 0 saturated heterocycles. The van der Waals surface area contributed by atoms with Crippen molar-refractivity contribution in [2.45, 2.75) is 17.2 Å². The fraction of sp³-hybridized carbons (Fsp3) is 0.125. The molecule has 4 nitrogen and oxygen atoms in total. The summed E-state index contributed by atoms with van der Waals surface area (Å²) in [6.07, 6.45) is 0. The zero-order valence-electron chi connectivity index (χ0n) is 16.3. The number of thioether (sulfide) groups is 1. The molecule has 1 aromatic heterocycles. The highest BCUT2D eigenvalue weighted by atomic mass is 32.2. The zero-order chi connectivity index (χ0) is 20.2. The van der Waals surface area contributed by atoms with Crippen LogP contribution in [-0.4, -0.2) is 28.4 Å². The van der Waals surface area contributed by atoms with E-state index in [0.29, 0.717) is 0 Å². The van der Waals surface area contributed by atoms with Crippen molar-refractivity contribution in [2.75, 3.05) is 11.9 Å². The molecular formula is C24H21N3OS. The van der Waals surface area contributed by atoms with Crippen LogP contribution in [0.1, 0.15) is 6.92 Å². The topological polar surface area (TPSA) is 46.1 Å². The minimum atomic E-state index is -0.291. The average molecular weight is 400 g/mol. The molecule has 1 atom stereocenters. The molecule has 4 aromatic rings. The van der Waals surface area contributed by atoms with Crippen LogP contribution < -0.4 is 4.90 Å². The largest absolute Gasteiger partial charge is 0.315 e. The van der Waals surface area contributed by atoms with Crippen molar-refractivity contribution in [2.24, 2.45) is 0 Å². The maximum absolute atomic E-state index is 12.9. The number of hydrogen-bond donors (Lipinski definition) is 0. The fourth-order valence-electron chi connectivity index (χ4n) is 3.24. The van der Waals surface area contributed by atoms with Gasteiger partial charge in [0.05, 0.1) is 5.25 Å². The second-order valence-corrected chi connectivity index (χ2v) is 8.09. The number of amides is 1. The summed E-state index contributed by atoms with van der Waals surface area (Å²) in [6, 6.07) is 27.8. The lowest BCUT2D eigenvalue weighted by Crippen LogP contribution is -2.33. The Hall–Kier alpha value is -3.18. The summed E-state index contributed by atoms with van der Waals surface area (Å²) in [5, 5.41) is 11.5. The minimum Gasteiger partial charge on any atom is -0.315 e. The van der Waals surface area contributed by atoms with E-state index in [0.717, 1.165) is 32.7 Å². The molecule has 0 aliphatic carbocycles. The number of carbonyl (C=O) groups excluding carboxylic acids is 1. The van der Waals surface area contributed by atoms with Gasteiger partial charge in [-0.05, 0) is 19.1 Å².